The normalized spacial score (nSPS) is 11.6. The minimum absolute atomic E-state index is 0.421. The number of fused-ring (bicyclic) bond motifs is 1. The topological polar surface area (TPSA) is 44.9 Å². The van der Waals surface area contributed by atoms with E-state index in [-0.39, 0.29) is 0 Å². The molecule has 0 N–H and O–H groups in total. The van der Waals surface area contributed by atoms with Crippen molar-refractivity contribution in [3.8, 4) is 0 Å². The second-order valence-electron chi connectivity index (χ2n) is 4.23. The first kappa shape index (κ1) is 13.4. The van der Waals surface area contributed by atoms with E-state index < -0.39 is 0 Å². The van der Waals surface area contributed by atoms with E-state index >= 15 is 0 Å². The summed E-state index contributed by atoms with van der Waals surface area (Å²) in [6.45, 7) is 6.50. The number of aromatic nitrogens is 4. The number of ether oxygens (including phenoxy) is 1. The Morgan fingerprint density at radius 3 is 2.78 bits per heavy atom. The number of alkyl halides is 1. The fourth-order valence-corrected chi connectivity index (χ4v) is 2.40. The van der Waals surface area contributed by atoms with Crippen molar-refractivity contribution in [2.75, 3.05) is 13.7 Å². The van der Waals surface area contributed by atoms with Gasteiger partial charge in [-0.2, -0.15) is 5.10 Å². The molecular weight excluding hydrogens is 252 g/mol. The molecule has 2 aromatic heterocycles. The van der Waals surface area contributed by atoms with Crippen LogP contribution in [-0.2, 0) is 23.7 Å². The van der Waals surface area contributed by atoms with Crippen molar-refractivity contribution >= 4 is 22.8 Å². The van der Waals surface area contributed by atoms with Crippen molar-refractivity contribution in [2.45, 2.75) is 39.2 Å². The number of imidazole rings is 1. The summed E-state index contributed by atoms with van der Waals surface area (Å²) in [5.74, 6) is 1.33. The number of rotatable bonds is 6. The van der Waals surface area contributed by atoms with Gasteiger partial charge in [-0.3, -0.25) is 0 Å². The predicted molar refractivity (Wildman–Crippen MR) is 72.0 cm³/mol. The van der Waals surface area contributed by atoms with E-state index in [9.17, 15) is 0 Å². The monoisotopic (exact) mass is 270 g/mol. The Balaban J connectivity index is 2.45. The van der Waals surface area contributed by atoms with Gasteiger partial charge in [-0.15, -0.1) is 11.6 Å². The van der Waals surface area contributed by atoms with Crippen LogP contribution in [0, 0.1) is 6.92 Å². The number of methoxy groups -OCH3 is 1. The van der Waals surface area contributed by atoms with Crippen LogP contribution < -0.4 is 0 Å². The fraction of sp³-hybridized carbons (Fsp3) is 0.667. The highest BCUT2D eigenvalue weighted by molar-refractivity contribution is 6.16. The van der Waals surface area contributed by atoms with E-state index in [1.54, 1.807) is 7.11 Å². The number of hydrogen-bond donors (Lipinski definition) is 0. The van der Waals surface area contributed by atoms with Gasteiger partial charge >= 0.3 is 0 Å². The summed E-state index contributed by atoms with van der Waals surface area (Å²) in [4.78, 5) is 4.58. The molecule has 0 aromatic carbocycles. The zero-order valence-corrected chi connectivity index (χ0v) is 11.9. The van der Waals surface area contributed by atoms with Crippen molar-refractivity contribution in [1.29, 1.82) is 0 Å². The second kappa shape index (κ2) is 5.71. The maximum absolute atomic E-state index is 5.98. The van der Waals surface area contributed by atoms with Crippen LogP contribution in [0.15, 0.2) is 0 Å². The molecule has 0 radical (unpaired) electrons. The van der Waals surface area contributed by atoms with Gasteiger partial charge in [0.05, 0.1) is 11.6 Å². The molecule has 0 saturated heterocycles. The molecule has 0 bridgehead atoms. The molecule has 100 valence electrons. The minimum Gasteiger partial charge on any atom is -0.385 e. The number of nitrogens with zero attached hydrogens (tertiary/aromatic N) is 4. The van der Waals surface area contributed by atoms with Gasteiger partial charge in [0.15, 0.2) is 5.65 Å². The van der Waals surface area contributed by atoms with E-state index in [1.807, 2.05) is 11.6 Å². The molecule has 2 heterocycles. The second-order valence-corrected chi connectivity index (χ2v) is 4.50. The molecule has 6 heteroatoms. The zero-order chi connectivity index (χ0) is 13.1. The lowest BCUT2D eigenvalue weighted by Crippen LogP contribution is -2.09. The van der Waals surface area contributed by atoms with Gasteiger partial charge in [0.2, 0.25) is 0 Å². The van der Waals surface area contributed by atoms with Crippen molar-refractivity contribution in [1.82, 2.24) is 19.3 Å². The van der Waals surface area contributed by atoms with E-state index in [1.165, 1.54) is 0 Å². The molecule has 0 atom stereocenters. The Hall–Kier alpha value is -1.07. The first-order valence-corrected chi connectivity index (χ1v) is 6.73. The van der Waals surface area contributed by atoms with Crippen LogP contribution in [0.4, 0.5) is 0 Å². The van der Waals surface area contributed by atoms with Gasteiger partial charge in [-0.1, -0.05) is 0 Å². The predicted octanol–water partition coefficient (Wildman–Crippen LogP) is 2.34. The summed E-state index contributed by atoms with van der Waals surface area (Å²) < 4.78 is 9.24. The van der Waals surface area contributed by atoms with Crippen LogP contribution >= 0.6 is 11.6 Å². The molecule has 0 unspecified atom stereocenters. The minimum atomic E-state index is 0.421. The highest BCUT2D eigenvalue weighted by Gasteiger charge is 2.17. The number of halogens is 1. The lowest BCUT2D eigenvalue weighted by Gasteiger charge is -2.08. The quantitative estimate of drug-likeness (QED) is 0.598. The Morgan fingerprint density at radius 1 is 1.39 bits per heavy atom. The first-order chi connectivity index (χ1) is 8.72. The van der Waals surface area contributed by atoms with Crippen LogP contribution in [0.3, 0.4) is 0 Å². The summed E-state index contributed by atoms with van der Waals surface area (Å²) >= 11 is 5.98. The van der Waals surface area contributed by atoms with Crippen LogP contribution in [0.25, 0.3) is 11.2 Å². The molecule has 2 rings (SSSR count). The van der Waals surface area contributed by atoms with E-state index in [0.717, 1.165) is 48.8 Å². The summed E-state index contributed by atoms with van der Waals surface area (Å²) in [7, 11) is 1.71. The highest BCUT2D eigenvalue weighted by Crippen LogP contribution is 2.21. The molecule has 18 heavy (non-hydrogen) atoms. The number of aryl methyl sites for hydroxylation is 3. The van der Waals surface area contributed by atoms with Crippen molar-refractivity contribution in [3.05, 3.63) is 11.5 Å². The molecule has 0 aliphatic rings. The Labute approximate surface area is 112 Å². The SMILES string of the molecule is CCn1nc(C)c2nc(CCl)n(CCCOC)c21. The Bertz CT molecular complexity index is 532. The molecule has 5 nitrogen and oxygen atoms in total. The molecule has 0 saturated carbocycles. The van der Waals surface area contributed by atoms with E-state index in [0.29, 0.717) is 5.88 Å². The molecular formula is C12H19ClN4O. The summed E-state index contributed by atoms with van der Waals surface area (Å²) in [6.07, 6.45) is 0.944. The van der Waals surface area contributed by atoms with Crippen molar-refractivity contribution in [2.24, 2.45) is 0 Å². The van der Waals surface area contributed by atoms with Crippen molar-refractivity contribution in [3.63, 3.8) is 0 Å². The molecule has 0 aliphatic carbocycles. The van der Waals surface area contributed by atoms with Crippen LogP contribution in [0.1, 0.15) is 24.9 Å². The van der Waals surface area contributed by atoms with Gasteiger partial charge in [0.1, 0.15) is 11.3 Å². The fourth-order valence-electron chi connectivity index (χ4n) is 2.19. The van der Waals surface area contributed by atoms with E-state index in [2.05, 4.69) is 21.6 Å². The van der Waals surface area contributed by atoms with Gasteiger partial charge in [0, 0.05) is 26.8 Å². The Morgan fingerprint density at radius 2 is 2.17 bits per heavy atom. The zero-order valence-electron chi connectivity index (χ0n) is 11.1. The lowest BCUT2D eigenvalue weighted by molar-refractivity contribution is 0.190. The first-order valence-electron chi connectivity index (χ1n) is 6.20. The third kappa shape index (κ3) is 2.24. The largest absolute Gasteiger partial charge is 0.385 e. The van der Waals surface area contributed by atoms with Crippen LogP contribution in [-0.4, -0.2) is 33.0 Å². The summed E-state index contributed by atoms with van der Waals surface area (Å²) in [5, 5.41) is 4.49. The maximum Gasteiger partial charge on any atom is 0.158 e. The van der Waals surface area contributed by atoms with E-state index in [4.69, 9.17) is 16.3 Å². The summed E-state index contributed by atoms with van der Waals surface area (Å²) in [6, 6.07) is 0. The Kier molecular flexibility index (Phi) is 4.24. The molecule has 0 spiro atoms. The molecule has 2 aromatic rings. The van der Waals surface area contributed by atoms with Gasteiger partial charge in [-0.05, 0) is 20.3 Å². The van der Waals surface area contributed by atoms with Crippen molar-refractivity contribution < 1.29 is 4.74 Å². The molecule has 0 aliphatic heterocycles. The smallest absolute Gasteiger partial charge is 0.158 e. The van der Waals surface area contributed by atoms with Crippen LogP contribution in [0.2, 0.25) is 0 Å². The highest BCUT2D eigenvalue weighted by atomic mass is 35.5. The molecule has 0 amide bonds. The van der Waals surface area contributed by atoms with Gasteiger partial charge in [-0.25, -0.2) is 9.67 Å². The average Bonchev–Trinajstić information content (AvgIpc) is 2.88. The standard InChI is InChI=1S/C12H19ClN4O/c1-4-17-12-11(9(2)15-17)14-10(8-13)16(12)6-5-7-18-3/h4-8H2,1-3H3. The molecule has 0 fully saturated rings. The summed E-state index contributed by atoms with van der Waals surface area (Å²) in [5.41, 5.74) is 3.00. The lowest BCUT2D eigenvalue weighted by atomic mass is 10.4. The third-order valence-corrected chi connectivity index (χ3v) is 3.27. The van der Waals surface area contributed by atoms with Gasteiger partial charge in [0.25, 0.3) is 0 Å². The number of hydrogen-bond acceptors (Lipinski definition) is 3. The maximum atomic E-state index is 5.98. The van der Waals surface area contributed by atoms with Crippen LogP contribution in [0.5, 0.6) is 0 Å². The average molecular weight is 271 g/mol. The third-order valence-electron chi connectivity index (χ3n) is 3.03. The van der Waals surface area contributed by atoms with Gasteiger partial charge < -0.3 is 9.30 Å².